The van der Waals surface area contributed by atoms with Gasteiger partial charge in [0.25, 0.3) is 0 Å². The molecule has 0 amide bonds. The molecule has 0 aromatic heterocycles. The van der Waals surface area contributed by atoms with Gasteiger partial charge in [0.1, 0.15) is 0 Å². The first-order valence-corrected chi connectivity index (χ1v) is 6.89. The van der Waals surface area contributed by atoms with Gasteiger partial charge in [-0.25, -0.2) is 0 Å². The second kappa shape index (κ2) is 6.39. The van der Waals surface area contributed by atoms with Crippen LogP contribution in [0.1, 0.15) is 50.1 Å². The molecule has 1 aliphatic carbocycles. The molecule has 2 rings (SSSR count). The number of hydrogen-bond donors (Lipinski definition) is 2. The van der Waals surface area contributed by atoms with E-state index in [1.165, 1.54) is 37.7 Å². The molecule has 1 aromatic carbocycles. The lowest BCUT2D eigenvalue weighted by molar-refractivity contribution is 0.301. The number of hydrogen-bond acceptors (Lipinski definition) is 2. The third-order valence-electron chi connectivity index (χ3n) is 3.75. The number of benzene rings is 1. The maximum atomic E-state index is 6.02. The quantitative estimate of drug-likeness (QED) is 0.632. The molecular weight excluding hydrogens is 232 g/mol. The molecule has 1 fully saturated rings. The van der Waals surface area contributed by atoms with Gasteiger partial charge in [-0.3, -0.25) is 11.3 Å². The van der Waals surface area contributed by atoms with Crippen LogP contribution in [0.5, 0.6) is 0 Å². The van der Waals surface area contributed by atoms with E-state index >= 15 is 0 Å². The molecule has 1 atom stereocenters. The minimum Gasteiger partial charge on any atom is -0.271 e. The van der Waals surface area contributed by atoms with E-state index in [0.717, 1.165) is 17.4 Å². The molecule has 3 heteroatoms. The monoisotopic (exact) mass is 252 g/mol. The molecule has 17 heavy (non-hydrogen) atoms. The van der Waals surface area contributed by atoms with Crippen LogP contribution in [-0.4, -0.2) is 0 Å². The van der Waals surface area contributed by atoms with E-state index in [-0.39, 0.29) is 6.04 Å². The Bertz CT molecular complexity index is 348. The van der Waals surface area contributed by atoms with Gasteiger partial charge < -0.3 is 0 Å². The molecule has 0 radical (unpaired) electrons. The highest BCUT2D eigenvalue weighted by Crippen LogP contribution is 2.32. The van der Waals surface area contributed by atoms with Crippen molar-refractivity contribution in [2.45, 2.75) is 44.6 Å². The van der Waals surface area contributed by atoms with Crippen LogP contribution in [0.15, 0.2) is 24.3 Å². The zero-order valence-electron chi connectivity index (χ0n) is 10.2. The zero-order chi connectivity index (χ0) is 12.1. The Hall–Kier alpha value is -0.570. The van der Waals surface area contributed by atoms with Crippen molar-refractivity contribution in [3.05, 3.63) is 34.9 Å². The van der Waals surface area contributed by atoms with Gasteiger partial charge in [-0.1, -0.05) is 55.8 Å². The van der Waals surface area contributed by atoms with E-state index in [1.807, 2.05) is 18.2 Å². The van der Waals surface area contributed by atoms with Crippen LogP contribution < -0.4 is 11.3 Å². The number of nitrogens with two attached hydrogens (primary N) is 1. The summed E-state index contributed by atoms with van der Waals surface area (Å²) in [7, 11) is 0. The van der Waals surface area contributed by atoms with Gasteiger partial charge in [-0.05, 0) is 30.0 Å². The summed E-state index contributed by atoms with van der Waals surface area (Å²) in [6.07, 6.45) is 7.96. The Balaban J connectivity index is 2.00. The van der Waals surface area contributed by atoms with Gasteiger partial charge in [0.15, 0.2) is 0 Å². The lowest BCUT2D eigenvalue weighted by Crippen LogP contribution is -2.30. The highest BCUT2D eigenvalue weighted by molar-refractivity contribution is 6.30. The molecule has 0 spiro atoms. The summed E-state index contributed by atoms with van der Waals surface area (Å²) < 4.78 is 0. The van der Waals surface area contributed by atoms with Gasteiger partial charge in [0, 0.05) is 11.1 Å². The Labute approximate surface area is 109 Å². The summed E-state index contributed by atoms with van der Waals surface area (Å²) in [6.45, 7) is 0. The predicted octanol–water partition coefficient (Wildman–Crippen LogP) is 3.81. The van der Waals surface area contributed by atoms with Crippen LogP contribution in [0.25, 0.3) is 0 Å². The largest absolute Gasteiger partial charge is 0.271 e. The van der Waals surface area contributed by atoms with Crippen LogP contribution in [0, 0.1) is 5.92 Å². The first-order valence-electron chi connectivity index (χ1n) is 6.51. The van der Waals surface area contributed by atoms with Crippen molar-refractivity contribution >= 4 is 11.6 Å². The van der Waals surface area contributed by atoms with Crippen LogP contribution in [0.3, 0.4) is 0 Å². The van der Waals surface area contributed by atoms with Gasteiger partial charge in [0.2, 0.25) is 0 Å². The highest BCUT2D eigenvalue weighted by Gasteiger charge is 2.19. The van der Waals surface area contributed by atoms with Crippen molar-refractivity contribution in [1.82, 2.24) is 5.43 Å². The molecular formula is C14H21ClN2. The molecule has 0 bridgehead atoms. The SMILES string of the molecule is NNC(CC1CCCCC1)c1cccc(Cl)c1. The van der Waals surface area contributed by atoms with E-state index in [1.54, 1.807) is 0 Å². The topological polar surface area (TPSA) is 38.0 Å². The lowest BCUT2D eigenvalue weighted by atomic mass is 9.83. The average Bonchev–Trinajstić information content (AvgIpc) is 2.37. The number of rotatable bonds is 4. The van der Waals surface area contributed by atoms with Gasteiger partial charge in [-0.2, -0.15) is 0 Å². The molecule has 1 aromatic rings. The normalized spacial score (nSPS) is 19.2. The third kappa shape index (κ3) is 3.70. The maximum absolute atomic E-state index is 6.02. The fourth-order valence-corrected chi connectivity index (χ4v) is 2.98. The van der Waals surface area contributed by atoms with E-state index in [9.17, 15) is 0 Å². The Morgan fingerprint density at radius 1 is 1.29 bits per heavy atom. The summed E-state index contributed by atoms with van der Waals surface area (Å²) >= 11 is 6.02. The Kier molecular flexibility index (Phi) is 4.84. The third-order valence-corrected chi connectivity index (χ3v) is 3.98. The van der Waals surface area contributed by atoms with E-state index < -0.39 is 0 Å². The Morgan fingerprint density at radius 3 is 2.71 bits per heavy atom. The molecule has 1 unspecified atom stereocenters. The second-order valence-electron chi connectivity index (χ2n) is 5.01. The molecule has 94 valence electrons. The van der Waals surface area contributed by atoms with Crippen molar-refractivity contribution in [3.8, 4) is 0 Å². The molecule has 0 aliphatic heterocycles. The molecule has 0 saturated heterocycles. The maximum Gasteiger partial charge on any atom is 0.0463 e. The summed E-state index contributed by atoms with van der Waals surface area (Å²) in [5.41, 5.74) is 4.13. The number of halogens is 1. The second-order valence-corrected chi connectivity index (χ2v) is 5.45. The highest BCUT2D eigenvalue weighted by atomic mass is 35.5. The van der Waals surface area contributed by atoms with Crippen LogP contribution in [-0.2, 0) is 0 Å². The van der Waals surface area contributed by atoms with Crippen molar-refractivity contribution in [3.63, 3.8) is 0 Å². The smallest absolute Gasteiger partial charge is 0.0463 e. The first-order chi connectivity index (χ1) is 8.29. The van der Waals surface area contributed by atoms with Gasteiger partial charge >= 0.3 is 0 Å². The van der Waals surface area contributed by atoms with E-state index in [0.29, 0.717) is 0 Å². The molecule has 1 aliphatic rings. The lowest BCUT2D eigenvalue weighted by Gasteiger charge is -2.26. The summed E-state index contributed by atoms with van der Waals surface area (Å²) in [6, 6.07) is 8.23. The predicted molar refractivity (Wildman–Crippen MR) is 72.7 cm³/mol. The zero-order valence-corrected chi connectivity index (χ0v) is 10.9. The van der Waals surface area contributed by atoms with Crippen molar-refractivity contribution in [2.24, 2.45) is 11.8 Å². The van der Waals surface area contributed by atoms with Crippen LogP contribution in [0.2, 0.25) is 5.02 Å². The average molecular weight is 253 g/mol. The standard InChI is InChI=1S/C14H21ClN2/c15-13-8-4-7-12(10-13)14(17-16)9-11-5-2-1-3-6-11/h4,7-8,10-11,14,17H,1-3,5-6,9,16H2. The first kappa shape index (κ1) is 12.9. The van der Waals surface area contributed by atoms with E-state index in [2.05, 4.69) is 11.5 Å². The summed E-state index contributed by atoms with van der Waals surface area (Å²) in [5, 5.41) is 0.784. The molecule has 2 nitrogen and oxygen atoms in total. The number of hydrazine groups is 1. The van der Waals surface area contributed by atoms with Crippen LogP contribution in [0.4, 0.5) is 0 Å². The molecule has 0 heterocycles. The van der Waals surface area contributed by atoms with Gasteiger partial charge in [-0.15, -0.1) is 0 Å². The Morgan fingerprint density at radius 2 is 2.06 bits per heavy atom. The summed E-state index contributed by atoms with van der Waals surface area (Å²) in [5.74, 6) is 6.49. The molecule has 1 saturated carbocycles. The van der Waals surface area contributed by atoms with Crippen molar-refractivity contribution in [2.75, 3.05) is 0 Å². The minimum absolute atomic E-state index is 0.233. The van der Waals surface area contributed by atoms with E-state index in [4.69, 9.17) is 17.4 Å². The van der Waals surface area contributed by atoms with Gasteiger partial charge in [0.05, 0.1) is 0 Å². The number of nitrogens with one attached hydrogen (secondary N) is 1. The fraction of sp³-hybridized carbons (Fsp3) is 0.571. The molecule has 3 N–H and O–H groups in total. The van der Waals surface area contributed by atoms with Crippen molar-refractivity contribution < 1.29 is 0 Å². The minimum atomic E-state index is 0.233. The fourth-order valence-electron chi connectivity index (χ4n) is 2.78. The summed E-state index contributed by atoms with van der Waals surface area (Å²) in [4.78, 5) is 0. The van der Waals surface area contributed by atoms with Crippen molar-refractivity contribution in [1.29, 1.82) is 0 Å². The van der Waals surface area contributed by atoms with Crippen LogP contribution >= 0.6 is 11.6 Å².